The van der Waals surface area contributed by atoms with Crippen molar-refractivity contribution in [1.29, 1.82) is 0 Å². The lowest BCUT2D eigenvalue weighted by molar-refractivity contribution is 0.0525. The number of aryl methyl sites for hydroxylation is 1. The van der Waals surface area contributed by atoms with E-state index in [4.69, 9.17) is 13.9 Å². The fourth-order valence-electron chi connectivity index (χ4n) is 1.98. The molecule has 0 bridgehead atoms. The van der Waals surface area contributed by atoms with Gasteiger partial charge in [0, 0.05) is 0 Å². The third-order valence-electron chi connectivity index (χ3n) is 3.12. The van der Waals surface area contributed by atoms with Gasteiger partial charge in [-0.1, -0.05) is 0 Å². The molecule has 0 atom stereocenters. The van der Waals surface area contributed by atoms with Gasteiger partial charge in [0.1, 0.15) is 29.4 Å². The van der Waals surface area contributed by atoms with Crippen LogP contribution in [-0.2, 0) is 16.1 Å². The van der Waals surface area contributed by atoms with Crippen molar-refractivity contribution in [1.82, 2.24) is 0 Å². The number of carbonyl (C=O) groups excluding carboxylic acids is 2. The predicted molar refractivity (Wildman–Crippen MR) is 81.5 cm³/mol. The van der Waals surface area contributed by atoms with Gasteiger partial charge in [0.25, 0.3) is 0 Å². The Kier molecular flexibility index (Phi) is 5.41. The van der Waals surface area contributed by atoms with E-state index in [9.17, 15) is 9.59 Å². The Bertz CT molecular complexity index is 684. The summed E-state index contributed by atoms with van der Waals surface area (Å²) in [6, 6.07) is 8.18. The van der Waals surface area contributed by atoms with E-state index in [-0.39, 0.29) is 12.6 Å². The average Bonchev–Trinajstić information content (AvgIpc) is 2.94. The van der Waals surface area contributed by atoms with Crippen molar-refractivity contribution in [3.63, 3.8) is 0 Å². The molecule has 0 spiro atoms. The van der Waals surface area contributed by atoms with Crippen molar-refractivity contribution < 1.29 is 28.2 Å². The molecule has 0 fully saturated rings. The lowest BCUT2D eigenvalue weighted by Gasteiger charge is -2.05. The molecule has 0 radical (unpaired) electrons. The highest BCUT2D eigenvalue weighted by Crippen LogP contribution is 2.19. The quantitative estimate of drug-likeness (QED) is 0.762. The highest BCUT2D eigenvalue weighted by Gasteiger charge is 2.15. The number of carbonyl (C=O) groups is 2. The van der Waals surface area contributed by atoms with Gasteiger partial charge in [0.15, 0.2) is 0 Å². The van der Waals surface area contributed by atoms with Gasteiger partial charge >= 0.3 is 11.9 Å². The summed E-state index contributed by atoms with van der Waals surface area (Å²) < 4.78 is 20.6. The SMILES string of the molecule is CCOC(=O)c1ccc(OCc2cc(C(=O)OC)c(C)o2)cc1. The first-order valence-corrected chi connectivity index (χ1v) is 7.12. The summed E-state index contributed by atoms with van der Waals surface area (Å²) in [4.78, 5) is 23.1. The molecular weight excluding hydrogens is 300 g/mol. The van der Waals surface area contributed by atoms with Crippen molar-refractivity contribution >= 4 is 11.9 Å². The van der Waals surface area contributed by atoms with Crippen molar-refractivity contribution in [3.8, 4) is 5.75 Å². The summed E-state index contributed by atoms with van der Waals surface area (Å²) in [7, 11) is 1.32. The molecule has 0 aliphatic heterocycles. The first-order valence-electron chi connectivity index (χ1n) is 7.12. The van der Waals surface area contributed by atoms with Gasteiger partial charge in [0.2, 0.25) is 0 Å². The minimum Gasteiger partial charge on any atom is -0.486 e. The molecule has 0 unspecified atom stereocenters. The Morgan fingerprint density at radius 1 is 1.13 bits per heavy atom. The van der Waals surface area contributed by atoms with Crippen LogP contribution in [0.1, 0.15) is 39.2 Å². The number of esters is 2. The van der Waals surface area contributed by atoms with Crippen LogP contribution in [0.25, 0.3) is 0 Å². The van der Waals surface area contributed by atoms with Gasteiger partial charge in [-0.05, 0) is 44.2 Å². The number of ether oxygens (including phenoxy) is 3. The zero-order chi connectivity index (χ0) is 16.8. The van der Waals surface area contributed by atoms with Crippen LogP contribution >= 0.6 is 0 Å². The molecule has 0 N–H and O–H groups in total. The number of benzene rings is 1. The zero-order valence-corrected chi connectivity index (χ0v) is 13.3. The summed E-state index contributed by atoms with van der Waals surface area (Å²) >= 11 is 0. The Labute approximate surface area is 134 Å². The molecule has 1 aromatic heterocycles. The minimum atomic E-state index is -0.448. The van der Waals surface area contributed by atoms with Crippen molar-refractivity contribution in [3.05, 3.63) is 53.0 Å². The first-order chi connectivity index (χ1) is 11.0. The second kappa shape index (κ2) is 7.49. The van der Waals surface area contributed by atoms with E-state index in [0.717, 1.165) is 0 Å². The van der Waals surface area contributed by atoms with Gasteiger partial charge in [0.05, 0.1) is 19.3 Å². The third-order valence-corrected chi connectivity index (χ3v) is 3.12. The van der Waals surface area contributed by atoms with Gasteiger partial charge in [-0.3, -0.25) is 0 Å². The molecule has 0 aliphatic rings. The highest BCUT2D eigenvalue weighted by atomic mass is 16.5. The standard InChI is InChI=1S/C17H18O6/c1-4-21-16(18)12-5-7-13(8-6-12)22-10-14-9-15(11(2)23-14)17(19)20-3/h5-9H,4,10H2,1-3H3. The molecule has 1 aromatic carbocycles. The topological polar surface area (TPSA) is 75.0 Å². The molecule has 23 heavy (non-hydrogen) atoms. The van der Waals surface area contributed by atoms with Gasteiger partial charge in [-0.2, -0.15) is 0 Å². The van der Waals surface area contributed by atoms with Crippen LogP contribution in [0.5, 0.6) is 5.75 Å². The van der Waals surface area contributed by atoms with Gasteiger partial charge < -0.3 is 18.6 Å². The van der Waals surface area contributed by atoms with Crippen LogP contribution in [0.3, 0.4) is 0 Å². The first kappa shape index (κ1) is 16.6. The largest absolute Gasteiger partial charge is 0.486 e. The molecule has 122 valence electrons. The van der Waals surface area contributed by atoms with Crippen LogP contribution in [0, 0.1) is 6.92 Å². The van der Waals surface area contributed by atoms with Gasteiger partial charge in [-0.25, -0.2) is 9.59 Å². The van der Waals surface area contributed by atoms with E-state index in [1.807, 2.05) is 0 Å². The Hall–Kier alpha value is -2.76. The molecule has 6 nitrogen and oxygen atoms in total. The van der Waals surface area contributed by atoms with Crippen molar-refractivity contribution in [2.24, 2.45) is 0 Å². The Morgan fingerprint density at radius 3 is 2.43 bits per heavy atom. The minimum absolute atomic E-state index is 0.163. The average molecular weight is 318 g/mol. The van der Waals surface area contributed by atoms with Crippen LogP contribution in [0.15, 0.2) is 34.7 Å². The number of hydrogen-bond acceptors (Lipinski definition) is 6. The van der Waals surface area contributed by atoms with E-state index < -0.39 is 5.97 Å². The highest BCUT2D eigenvalue weighted by molar-refractivity contribution is 5.90. The Morgan fingerprint density at radius 2 is 1.83 bits per heavy atom. The summed E-state index contributed by atoms with van der Waals surface area (Å²) in [5.74, 6) is 0.747. The summed E-state index contributed by atoms with van der Waals surface area (Å²) in [5, 5.41) is 0. The summed E-state index contributed by atoms with van der Waals surface area (Å²) in [5.41, 5.74) is 0.838. The van der Waals surface area contributed by atoms with Crippen LogP contribution in [-0.4, -0.2) is 25.7 Å². The van der Waals surface area contributed by atoms with E-state index in [1.165, 1.54) is 7.11 Å². The van der Waals surface area contributed by atoms with E-state index in [2.05, 4.69) is 4.74 Å². The molecule has 1 heterocycles. The molecule has 0 saturated heterocycles. The lowest BCUT2D eigenvalue weighted by atomic mass is 10.2. The smallest absolute Gasteiger partial charge is 0.341 e. The van der Waals surface area contributed by atoms with Crippen LogP contribution in [0.4, 0.5) is 0 Å². The van der Waals surface area contributed by atoms with Crippen molar-refractivity contribution in [2.45, 2.75) is 20.5 Å². The molecule has 0 saturated carbocycles. The normalized spacial score (nSPS) is 10.2. The molecule has 2 rings (SSSR count). The molecule has 2 aromatic rings. The molecule has 6 heteroatoms. The third kappa shape index (κ3) is 4.12. The maximum atomic E-state index is 11.5. The fourth-order valence-corrected chi connectivity index (χ4v) is 1.98. The molecular formula is C17H18O6. The maximum absolute atomic E-state index is 11.5. The fraction of sp³-hybridized carbons (Fsp3) is 0.294. The lowest BCUT2D eigenvalue weighted by Crippen LogP contribution is -2.04. The molecule has 0 aliphatic carbocycles. The number of hydrogen-bond donors (Lipinski definition) is 0. The zero-order valence-electron chi connectivity index (χ0n) is 13.3. The van der Waals surface area contributed by atoms with E-state index in [1.54, 1.807) is 44.2 Å². The summed E-state index contributed by atoms with van der Waals surface area (Å²) in [6.07, 6.45) is 0. The van der Waals surface area contributed by atoms with Crippen LogP contribution in [0.2, 0.25) is 0 Å². The number of methoxy groups -OCH3 is 1. The Balaban J connectivity index is 1.98. The van der Waals surface area contributed by atoms with E-state index in [0.29, 0.717) is 35.0 Å². The van der Waals surface area contributed by atoms with E-state index >= 15 is 0 Å². The maximum Gasteiger partial charge on any atom is 0.341 e. The monoisotopic (exact) mass is 318 g/mol. The molecule has 0 amide bonds. The van der Waals surface area contributed by atoms with Gasteiger partial charge in [-0.15, -0.1) is 0 Å². The number of rotatable bonds is 6. The number of furan rings is 1. The van der Waals surface area contributed by atoms with Crippen LogP contribution < -0.4 is 4.74 Å². The van der Waals surface area contributed by atoms with Crippen molar-refractivity contribution in [2.75, 3.05) is 13.7 Å². The second-order valence-electron chi connectivity index (χ2n) is 4.71. The predicted octanol–water partition coefficient (Wildman–Crippen LogP) is 3.13. The second-order valence-corrected chi connectivity index (χ2v) is 4.71. The summed E-state index contributed by atoms with van der Waals surface area (Å²) in [6.45, 7) is 3.93.